The van der Waals surface area contributed by atoms with E-state index < -0.39 is 5.91 Å². The first-order valence-corrected chi connectivity index (χ1v) is 10.2. The molecule has 1 aromatic heterocycles. The Morgan fingerprint density at radius 3 is 2.53 bits per heavy atom. The quantitative estimate of drug-likeness (QED) is 0.327. The maximum absolute atomic E-state index is 12.3. The van der Waals surface area contributed by atoms with E-state index in [9.17, 15) is 4.79 Å². The average Bonchev–Trinajstić information content (AvgIpc) is 3.11. The van der Waals surface area contributed by atoms with E-state index in [0.717, 1.165) is 0 Å². The highest BCUT2D eigenvalue weighted by Crippen LogP contribution is 2.32. The summed E-state index contributed by atoms with van der Waals surface area (Å²) in [5.41, 5.74) is 2.77. The van der Waals surface area contributed by atoms with Crippen LogP contribution in [0.1, 0.15) is 10.4 Å². The third-order valence-corrected chi connectivity index (χ3v) is 5.23. The van der Waals surface area contributed by atoms with Crippen LogP contribution in [0.2, 0.25) is 15.1 Å². The van der Waals surface area contributed by atoms with Crippen molar-refractivity contribution in [3.8, 4) is 11.5 Å². The van der Waals surface area contributed by atoms with E-state index in [4.69, 9.17) is 51.4 Å². The lowest BCUT2D eigenvalue weighted by atomic mass is 10.2. The predicted octanol–water partition coefficient (Wildman–Crippen LogP) is 6.58. The van der Waals surface area contributed by atoms with Gasteiger partial charge in [-0.05, 0) is 60.7 Å². The Morgan fingerprint density at radius 1 is 0.967 bits per heavy atom. The number of anilines is 1. The molecule has 0 fully saturated rings. The number of rotatable bonds is 3. The number of carbonyl (C=O) groups is 1. The smallest absolute Gasteiger partial charge is 0.258 e. The summed E-state index contributed by atoms with van der Waals surface area (Å²) in [5.74, 6) is -0.0290. The van der Waals surface area contributed by atoms with Crippen molar-refractivity contribution in [2.45, 2.75) is 0 Å². The molecule has 5 nitrogen and oxygen atoms in total. The molecular weight excluding hydrogens is 465 g/mol. The van der Waals surface area contributed by atoms with Crippen LogP contribution in [0.15, 0.2) is 65.1 Å². The molecule has 0 atom stereocenters. The van der Waals surface area contributed by atoms with Crippen LogP contribution in [0.3, 0.4) is 0 Å². The van der Waals surface area contributed by atoms with Crippen LogP contribution in [0.4, 0.5) is 5.69 Å². The summed E-state index contributed by atoms with van der Waals surface area (Å²) in [6, 6.07) is 17.1. The number of carbonyl (C=O) groups excluding carboxylic acids is 1. The largest absolute Gasteiger partial charge is 0.436 e. The van der Waals surface area contributed by atoms with E-state index in [-0.39, 0.29) is 5.11 Å². The van der Waals surface area contributed by atoms with Crippen molar-refractivity contribution in [2.75, 3.05) is 5.32 Å². The zero-order valence-electron chi connectivity index (χ0n) is 15.1. The number of amides is 1. The van der Waals surface area contributed by atoms with Crippen molar-refractivity contribution >= 4 is 74.8 Å². The lowest BCUT2D eigenvalue weighted by Crippen LogP contribution is -2.34. The summed E-state index contributed by atoms with van der Waals surface area (Å²) in [6.45, 7) is 0. The van der Waals surface area contributed by atoms with Crippen LogP contribution < -0.4 is 10.6 Å². The van der Waals surface area contributed by atoms with Crippen molar-refractivity contribution in [2.24, 2.45) is 0 Å². The third-order valence-electron chi connectivity index (χ3n) is 4.15. The topological polar surface area (TPSA) is 67.2 Å². The van der Waals surface area contributed by atoms with Crippen molar-refractivity contribution in [1.82, 2.24) is 10.3 Å². The average molecular weight is 477 g/mol. The molecule has 0 saturated carbocycles. The summed E-state index contributed by atoms with van der Waals surface area (Å²) < 4.78 is 5.79. The van der Waals surface area contributed by atoms with Gasteiger partial charge < -0.3 is 9.73 Å². The van der Waals surface area contributed by atoms with Gasteiger partial charge >= 0.3 is 0 Å². The van der Waals surface area contributed by atoms with E-state index >= 15 is 0 Å². The number of fused-ring (bicyclic) bond motifs is 1. The first kappa shape index (κ1) is 20.6. The number of benzene rings is 3. The Morgan fingerprint density at radius 2 is 1.77 bits per heavy atom. The molecule has 0 saturated heterocycles. The Bertz CT molecular complexity index is 1290. The summed E-state index contributed by atoms with van der Waals surface area (Å²) in [7, 11) is 0. The third kappa shape index (κ3) is 4.42. The Labute approximate surface area is 192 Å². The van der Waals surface area contributed by atoms with E-state index in [1.807, 2.05) is 0 Å². The molecule has 4 rings (SSSR count). The van der Waals surface area contributed by atoms with E-state index in [0.29, 0.717) is 48.9 Å². The summed E-state index contributed by atoms with van der Waals surface area (Å²) in [6.07, 6.45) is 0. The number of thiocarbonyl (C=S) groups is 1. The Hall–Kier alpha value is -2.64. The molecule has 9 heteroatoms. The second-order valence-electron chi connectivity index (χ2n) is 6.21. The van der Waals surface area contributed by atoms with Gasteiger partial charge in [0.25, 0.3) is 5.91 Å². The second-order valence-corrected chi connectivity index (χ2v) is 7.87. The molecule has 4 aromatic rings. The first-order chi connectivity index (χ1) is 14.4. The number of halogens is 3. The van der Waals surface area contributed by atoms with Crippen molar-refractivity contribution < 1.29 is 9.21 Å². The minimum atomic E-state index is -0.403. The zero-order chi connectivity index (χ0) is 21.3. The summed E-state index contributed by atoms with van der Waals surface area (Å²) in [5, 5.41) is 6.99. The van der Waals surface area contributed by atoms with Crippen LogP contribution in [0.5, 0.6) is 0 Å². The molecule has 0 spiro atoms. The molecule has 3 aromatic carbocycles. The number of hydrogen-bond donors (Lipinski definition) is 2. The number of nitrogens with one attached hydrogen (secondary N) is 2. The van der Waals surface area contributed by atoms with Gasteiger partial charge in [0, 0.05) is 10.7 Å². The van der Waals surface area contributed by atoms with Gasteiger partial charge in [-0.3, -0.25) is 10.1 Å². The minimum absolute atomic E-state index is 0.128. The number of oxazole rings is 1. The SMILES string of the molecule is O=C(NC(=S)Nc1ccc2oc(-c3ccc(Cl)cc3Cl)nc2c1)c1ccccc1Cl. The van der Waals surface area contributed by atoms with Crippen LogP contribution in [-0.4, -0.2) is 16.0 Å². The normalized spacial score (nSPS) is 10.8. The monoisotopic (exact) mass is 475 g/mol. The minimum Gasteiger partial charge on any atom is -0.436 e. The van der Waals surface area contributed by atoms with Crippen LogP contribution >= 0.6 is 47.0 Å². The van der Waals surface area contributed by atoms with Crippen molar-refractivity contribution in [3.05, 3.63) is 81.3 Å². The van der Waals surface area contributed by atoms with Crippen molar-refractivity contribution in [1.29, 1.82) is 0 Å². The highest BCUT2D eigenvalue weighted by molar-refractivity contribution is 7.80. The Kier molecular flexibility index (Phi) is 5.92. The van der Waals surface area contributed by atoms with Crippen molar-refractivity contribution in [3.63, 3.8) is 0 Å². The molecule has 0 bridgehead atoms. The molecule has 0 aliphatic heterocycles. The van der Waals surface area contributed by atoms with Gasteiger partial charge in [-0.25, -0.2) is 4.98 Å². The Balaban J connectivity index is 1.52. The predicted molar refractivity (Wildman–Crippen MR) is 125 cm³/mol. The van der Waals surface area contributed by atoms with Gasteiger partial charge in [-0.15, -0.1) is 0 Å². The standard InChI is InChI=1S/C21H12Cl3N3O2S/c22-11-5-7-14(16(24)9-11)20-26-17-10-12(6-8-18(17)29-20)25-21(30)27-19(28)13-3-1-2-4-15(13)23/h1-10H,(H2,25,27,28,30). The number of hydrogen-bond acceptors (Lipinski definition) is 4. The molecule has 0 radical (unpaired) electrons. The van der Waals surface area contributed by atoms with E-state index in [2.05, 4.69) is 15.6 Å². The molecule has 2 N–H and O–H groups in total. The van der Waals surface area contributed by atoms with E-state index in [1.54, 1.807) is 60.7 Å². The molecule has 0 aliphatic carbocycles. The highest BCUT2D eigenvalue weighted by Gasteiger charge is 2.14. The van der Waals surface area contributed by atoms with Gasteiger partial charge in [0.15, 0.2) is 10.7 Å². The summed E-state index contributed by atoms with van der Waals surface area (Å²) >= 11 is 23.5. The van der Waals surface area contributed by atoms with Gasteiger partial charge in [0.05, 0.1) is 21.2 Å². The zero-order valence-corrected chi connectivity index (χ0v) is 18.2. The highest BCUT2D eigenvalue weighted by atomic mass is 35.5. The van der Waals surface area contributed by atoms with Gasteiger partial charge in [-0.1, -0.05) is 46.9 Å². The molecule has 1 amide bonds. The molecular formula is C21H12Cl3N3O2S. The lowest BCUT2D eigenvalue weighted by Gasteiger charge is -2.10. The van der Waals surface area contributed by atoms with Crippen LogP contribution in [0, 0.1) is 0 Å². The van der Waals surface area contributed by atoms with Gasteiger partial charge in [0.1, 0.15) is 5.52 Å². The molecule has 150 valence electrons. The van der Waals surface area contributed by atoms with E-state index in [1.165, 1.54) is 0 Å². The summed E-state index contributed by atoms with van der Waals surface area (Å²) in [4.78, 5) is 16.8. The van der Waals surface area contributed by atoms with Crippen LogP contribution in [-0.2, 0) is 0 Å². The maximum Gasteiger partial charge on any atom is 0.258 e. The van der Waals surface area contributed by atoms with Crippen LogP contribution in [0.25, 0.3) is 22.6 Å². The molecule has 1 heterocycles. The van der Waals surface area contributed by atoms with Gasteiger partial charge in [-0.2, -0.15) is 0 Å². The second kappa shape index (κ2) is 8.62. The van der Waals surface area contributed by atoms with Gasteiger partial charge in [0.2, 0.25) is 5.89 Å². The number of nitrogens with zero attached hydrogens (tertiary/aromatic N) is 1. The lowest BCUT2D eigenvalue weighted by molar-refractivity contribution is 0.0978. The maximum atomic E-state index is 12.3. The first-order valence-electron chi connectivity index (χ1n) is 8.63. The molecule has 0 unspecified atom stereocenters. The fraction of sp³-hybridized carbons (Fsp3) is 0. The number of aromatic nitrogens is 1. The fourth-order valence-electron chi connectivity index (χ4n) is 2.76. The fourth-order valence-corrected chi connectivity index (χ4v) is 3.68. The molecule has 0 aliphatic rings. The molecule has 30 heavy (non-hydrogen) atoms.